The van der Waals surface area contributed by atoms with Gasteiger partial charge in [0.25, 0.3) is 0 Å². The Balaban J connectivity index is 1.64. The first kappa shape index (κ1) is 20.4. The van der Waals surface area contributed by atoms with Gasteiger partial charge in [0, 0.05) is 18.7 Å². The number of nitrogen functional groups attached to an aromatic ring is 1. The Morgan fingerprint density at radius 2 is 2.10 bits per heavy atom. The fraction of sp³-hybridized carbons (Fsp3) is 0.421. The number of aromatic nitrogens is 2. The summed E-state index contributed by atoms with van der Waals surface area (Å²) in [6.07, 6.45) is 1.91. The third-order valence-electron chi connectivity index (χ3n) is 5.62. The third kappa shape index (κ3) is 3.33. The summed E-state index contributed by atoms with van der Waals surface area (Å²) >= 11 is 0. The molecule has 160 valence electrons. The fourth-order valence-corrected chi connectivity index (χ4v) is 4.83. The summed E-state index contributed by atoms with van der Waals surface area (Å²) in [5.41, 5.74) is 8.52. The maximum atomic E-state index is 13.1. The molecular weight excluding hydrogens is 410 g/mol. The summed E-state index contributed by atoms with van der Waals surface area (Å²) < 4.78 is 31.2. The molecule has 3 N–H and O–H groups in total. The lowest BCUT2D eigenvalue weighted by atomic mass is 9.87. The number of ketones is 1. The summed E-state index contributed by atoms with van der Waals surface area (Å²) in [6, 6.07) is 5.35. The minimum Gasteiger partial charge on any atom is -0.495 e. The SMILES string of the molecule is COc1cccc2c1NCCC2C(=O)C(=O)n1nc2c(c1N)CCN(S(C)(=O)=O)C2. The molecule has 11 heteroatoms. The van der Waals surface area contributed by atoms with Gasteiger partial charge in [-0.1, -0.05) is 12.1 Å². The van der Waals surface area contributed by atoms with E-state index in [1.165, 1.54) is 4.31 Å². The maximum Gasteiger partial charge on any atom is 0.316 e. The van der Waals surface area contributed by atoms with Gasteiger partial charge in [0.05, 0.1) is 37.2 Å². The van der Waals surface area contributed by atoms with Crippen molar-refractivity contribution in [1.82, 2.24) is 14.1 Å². The number of nitrogens with two attached hydrogens (primary N) is 1. The highest BCUT2D eigenvalue weighted by molar-refractivity contribution is 7.88. The van der Waals surface area contributed by atoms with Crippen molar-refractivity contribution in [2.24, 2.45) is 0 Å². The highest BCUT2D eigenvalue weighted by Gasteiger charge is 2.36. The first-order valence-corrected chi connectivity index (χ1v) is 11.4. The number of hydrogen-bond donors (Lipinski definition) is 2. The van der Waals surface area contributed by atoms with Crippen LogP contribution in [-0.2, 0) is 27.8 Å². The minimum atomic E-state index is -3.39. The molecule has 0 amide bonds. The second-order valence-electron chi connectivity index (χ2n) is 7.43. The van der Waals surface area contributed by atoms with Gasteiger partial charge in [-0.15, -0.1) is 0 Å². The molecule has 0 saturated carbocycles. The molecule has 1 atom stereocenters. The molecule has 2 aliphatic rings. The molecule has 10 nitrogen and oxygen atoms in total. The summed E-state index contributed by atoms with van der Waals surface area (Å²) in [4.78, 5) is 26.1. The van der Waals surface area contributed by atoms with Gasteiger partial charge < -0.3 is 15.8 Å². The average Bonchev–Trinajstić information content (AvgIpc) is 3.07. The van der Waals surface area contributed by atoms with Crippen LogP contribution in [0.3, 0.4) is 0 Å². The number of methoxy groups -OCH3 is 1. The second kappa shape index (κ2) is 7.40. The Morgan fingerprint density at radius 3 is 2.80 bits per heavy atom. The molecule has 1 aromatic heterocycles. The quantitative estimate of drug-likeness (QED) is 0.669. The van der Waals surface area contributed by atoms with Gasteiger partial charge in [0.2, 0.25) is 15.8 Å². The maximum absolute atomic E-state index is 13.1. The average molecular weight is 433 g/mol. The predicted molar refractivity (Wildman–Crippen MR) is 110 cm³/mol. The third-order valence-corrected chi connectivity index (χ3v) is 6.87. The number of para-hydroxylation sites is 1. The molecule has 3 heterocycles. The largest absolute Gasteiger partial charge is 0.495 e. The smallest absolute Gasteiger partial charge is 0.316 e. The topological polar surface area (TPSA) is 137 Å². The Hall–Kier alpha value is -2.92. The van der Waals surface area contributed by atoms with Crippen molar-refractivity contribution >= 4 is 33.2 Å². The molecule has 30 heavy (non-hydrogen) atoms. The minimum absolute atomic E-state index is 0.0280. The Labute approximate surface area is 174 Å². The van der Waals surface area contributed by atoms with E-state index in [-0.39, 0.29) is 18.9 Å². The molecule has 2 aliphatic heterocycles. The molecule has 0 radical (unpaired) electrons. The molecule has 0 spiro atoms. The first-order valence-electron chi connectivity index (χ1n) is 9.53. The van der Waals surface area contributed by atoms with Gasteiger partial charge in [-0.3, -0.25) is 9.59 Å². The molecule has 0 bridgehead atoms. The van der Waals surface area contributed by atoms with Crippen molar-refractivity contribution in [3.05, 3.63) is 35.0 Å². The van der Waals surface area contributed by atoms with Crippen molar-refractivity contribution in [2.75, 3.05) is 37.5 Å². The standard InChI is InChI=1S/C19H23N5O5S/c1-29-15-5-3-4-11-12(6-8-21-16(11)15)17(25)19(26)24-18(20)13-7-9-23(30(2,27)28)10-14(13)22-24/h3-5,12,21H,6-10,20H2,1-2H3. The molecule has 2 aromatic rings. The lowest BCUT2D eigenvalue weighted by Crippen LogP contribution is -2.35. The van der Waals surface area contributed by atoms with Gasteiger partial charge in [0.1, 0.15) is 11.6 Å². The number of anilines is 2. The van der Waals surface area contributed by atoms with E-state index in [2.05, 4.69) is 10.4 Å². The lowest BCUT2D eigenvalue weighted by Gasteiger charge is -2.26. The number of carbonyl (C=O) groups is 2. The molecule has 0 fully saturated rings. The van der Waals surface area contributed by atoms with E-state index >= 15 is 0 Å². The number of fused-ring (bicyclic) bond motifs is 2. The molecule has 0 aliphatic carbocycles. The van der Waals surface area contributed by atoms with Crippen molar-refractivity contribution in [3.63, 3.8) is 0 Å². The second-order valence-corrected chi connectivity index (χ2v) is 9.41. The summed E-state index contributed by atoms with van der Waals surface area (Å²) in [5, 5.41) is 7.41. The number of benzene rings is 1. The number of ether oxygens (including phenoxy) is 1. The molecule has 1 unspecified atom stereocenters. The lowest BCUT2D eigenvalue weighted by molar-refractivity contribution is -0.117. The molecular formula is C19H23N5O5S. The van der Waals surface area contributed by atoms with Crippen LogP contribution < -0.4 is 15.8 Å². The van der Waals surface area contributed by atoms with Crippen LogP contribution in [-0.4, -0.2) is 60.6 Å². The van der Waals surface area contributed by atoms with Crippen LogP contribution in [0.4, 0.5) is 11.5 Å². The van der Waals surface area contributed by atoms with E-state index in [1.54, 1.807) is 25.3 Å². The first-order chi connectivity index (χ1) is 14.2. The van der Waals surface area contributed by atoms with Crippen LogP contribution in [0, 0.1) is 0 Å². The number of nitrogens with zero attached hydrogens (tertiary/aromatic N) is 3. The molecule has 4 rings (SSSR count). The van der Waals surface area contributed by atoms with E-state index in [4.69, 9.17) is 10.5 Å². The van der Waals surface area contributed by atoms with Crippen LogP contribution in [0.5, 0.6) is 5.75 Å². The zero-order valence-corrected chi connectivity index (χ0v) is 17.5. The Morgan fingerprint density at radius 1 is 1.33 bits per heavy atom. The summed E-state index contributed by atoms with van der Waals surface area (Å²) in [6.45, 7) is 0.803. The van der Waals surface area contributed by atoms with Crippen LogP contribution in [0.2, 0.25) is 0 Å². The molecule has 0 saturated heterocycles. The van der Waals surface area contributed by atoms with Gasteiger partial charge in [0.15, 0.2) is 0 Å². The van der Waals surface area contributed by atoms with Crippen LogP contribution in [0.15, 0.2) is 18.2 Å². The van der Waals surface area contributed by atoms with E-state index in [9.17, 15) is 18.0 Å². The summed E-state index contributed by atoms with van der Waals surface area (Å²) in [7, 11) is -1.85. The monoisotopic (exact) mass is 433 g/mol. The van der Waals surface area contributed by atoms with Crippen molar-refractivity contribution in [3.8, 4) is 5.75 Å². The van der Waals surface area contributed by atoms with Crippen LogP contribution in [0.25, 0.3) is 0 Å². The van der Waals surface area contributed by atoms with Gasteiger partial charge in [-0.25, -0.2) is 8.42 Å². The Kier molecular flexibility index (Phi) is 5.02. The summed E-state index contributed by atoms with van der Waals surface area (Å²) in [5.74, 6) is -1.38. The van der Waals surface area contributed by atoms with E-state index in [0.717, 1.165) is 10.9 Å². The van der Waals surface area contributed by atoms with E-state index < -0.39 is 27.6 Å². The number of rotatable bonds is 4. The van der Waals surface area contributed by atoms with Crippen LogP contribution in [0.1, 0.15) is 34.0 Å². The van der Waals surface area contributed by atoms with Gasteiger partial charge >= 0.3 is 5.91 Å². The fourth-order valence-electron chi connectivity index (χ4n) is 4.05. The predicted octanol–water partition coefficient (Wildman–Crippen LogP) is 0.600. The number of carbonyl (C=O) groups excluding carboxylic acids is 2. The van der Waals surface area contributed by atoms with Crippen LogP contribution >= 0.6 is 0 Å². The Bertz CT molecular complexity index is 1140. The number of Topliss-reactive ketones (excluding diaryl/α,β-unsaturated/α-hetero) is 1. The van der Waals surface area contributed by atoms with Gasteiger partial charge in [-0.05, 0) is 24.5 Å². The molecule has 1 aromatic carbocycles. The number of hydrogen-bond acceptors (Lipinski definition) is 8. The van der Waals surface area contributed by atoms with Gasteiger partial charge in [-0.2, -0.15) is 14.1 Å². The van der Waals surface area contributed by atoms with Crippen molar-refractivity contribution in [2.45, 2.75) is 25.3 Å². The highest BCUT2D eigenvalue weighted by Crippen LogP contribution is 2.38. The van der Waals surface area contributed by atoms with E-state index in [1.807, 2.05) is 0 Å². The zero-order valence-electron chi connectivity index (χ0n) is 16.7. The van der Waals surface area contributed by atoms with Crippen molar-refractivity contribution < 1.29 is 22.7 Å². The van der Waals surface area contributed by atoms with Crippen molar-refractivity contribution in [1.29, 1.82) is 0 Å². The number of sulfonamides is 1. The number of nitrogens with one attached hydrogen (secondary N) is 1. The van der Waals surface area contributed by atoms with E-state index in [0.29, 0.717) is 47.6 Å². The highest BCUT2D eigenvalue weighted by atomic mass is 32.2. The normalized spacial score (nSPS) is 18.8. The zero-order chi connectivity index (χ0) is 21.6.